The van der Waals surface area contributed by atoms with Gasteiger partial charge in [-0.3, -0.25) is 4.79 Å². The van der Waals surface area contributed by atoms with Gasteiger partial charge in [0.15, 0.2) is 0 Å². The van der Waals surface area contributed by atoms with Gasteiger partial charge in [0.25, 0.3) is 0 Å². The highest BCUT2D eigenvalue weighted by Gasteiger charge is 2.10. The molecule has 0 aliphatic rings. The van der Waals surface area contributed by atoms with E-state index in [1.54, 1.807) is 12.5 Å². The molecule has 0 aliphatic heterocycles. The number of aryl methyl sites for hydroxylation is 1. The average Bonchev–Trinajstić information content (AvgIpc) is 2.92. The van der Waals surface area contributed by atoms with Crippen LogP contribution in [0, 0.1) is 0 Å². The lowest BCUT2D eigenvalue weighted by Crippen LogP contribution is -2.17. The molecule has 1 heterocycles. The number of amides is 1. The highest BCUT2D eigenvalue weighted by Crippen LogP contribution is 2.14. The van der Waals surface area contributed by atoms with Gasteiger partial charge < -0.3 is 9.88 Å². The zero-order valence-electron chi connectivity index (χ0n) is 11.3. The molecule has 1 N–H and O–H groups in total. The van der Waals surface area contributed by atoms with Crippen molar-refractivity contribution in [2.75, 3.05) is 5.32 Å². The van der Waals surface area contributed by atoms with E-state index in [1.807, 2.05) is 35.9 Å². The largest absolute Gasteiger partial charge is 0.334 e. The lowest BCUT2D eigenvalue weighted by molar-refractivity contribution is -0.116. The topological polar surface area (TPSA) is 46.9 Å². The second-order valence-corrected chi connectivity index (χ2v) is 4.67. The maximum atomic E-state index is 12.0. The van der Waals surface area contributed by atoms with Crippen molar-refractivity contribution in [3.8, 4) is 0 Å². The zero-order valence-corrected chi connectivity index (χ0v) is 11.3. The minimum Gasteiger partial charge on any atom is -0.334 e. The summed E-state index contributed by atoms with van der Waals surface area (Å²) in [4.78, 5) is 16.0. The van der Waals surface area contributed by atoms with E-state index in [1.165, 1.54) is 5.56 Å². The van der Waals surface area contributed by atoms with Gasteiger partial charge in [0.2, 0.25) is 5.91 Å². The van der Waals surface area contributed by atoms with Gasteiger partial charge in [0.1, 0.15) is 0 Å². The highest BCUT2D eigenvalue weighted by molar-refractivity contribution is 5.91. The molecule has 2 rings (SSSR count). The maximum absolute atomic E-state index is 12.0. The van der Waals surface area contributed by atoms with Crippen molar-refractivity contribution >= 4 is 11.6 Å². The molecule has 0 spiro atoms. The Kier molecular flexibility index (Phi) is 4.34. The zero-order chi connectivity index (χ0) is 13.7. The van der Waals surface area contributed by atoms with Gasteiger partial charge in [0, 0.05) is 30.5 Å². The molecule has 0 fully saturated rings. The van der Waals surface area contributed by atoms with Crippen LogP contribution in [0.4, 0.5) is 5.69 Å². The van der Waals surface area contributed by atoms with E-state index in [0.29, 0.717) is 6.42 Å². The second-order valence-electron chi connectivity index (χ2n) is 4.67. The summed E-state index contributed by atoms with van der Waals surface area (Å²) in [5, 5.41) is 2.94. The molecule has 1 aromatic carbocycles. The smallest absolute Gasteiger partial charge is 0.226 e. The fourth-order valence-electron chi connectivity index (χ4n) is 1.98. The Morgan fingerprint density at radius 2 is 2.32 bits per heavy atom. The van der Waals surface area contributed by atoms with Crippen LogP contribution < -0.4 is 5.32 Å². The first-order valence-electron chi connectivity index (χ1n) is 6.55. The Hall–Kier alpha value is -2.10. The lowest BCUT2D eigenvalue weighted by Gasteiger charge is -2.13. The van der Waals surface area contributed by atoms with Gasteiger partial charge in [-0.1, -0.05) is 19.1 Å². The first-order valence-corrected chi connectivity index (χ1v) is 6.55. The van der Waals surface area contributed by atoms with Crippen LogP contribution in [0.3, 0.4) is 0 Å². The van der Waals surface area contributed by atoms with Crippen LogP contribution in [0.5, 0.6) is 0 Å². The number of benzene rings is 1. The van der Waals surface area contributed by atoms with E-state index in [-0.39, 0.29) is 11.9 Å². The third-order valence-electron chi connectivity index (χ3n) is 3.13. The van der Waals surface area contributed by atoms with E-state index >= 15 is 0 Å². The predicted molar refractivity (Wildman–Crippen MR) is 76.0 cm³/mol. The van der Waals surface area contributed by atoms with Crippen molar-refractivity contribution in [2.45, 2.75) is 32.7 Å². The van der Waals surface area contributed by atoms with Gasteiger partial charge in [-0.15, -0.1) is 0 Å². The summed E-state index contributed by atoms with van der Waals surface area (Å²) in [6.45, 7) is 4.10. The highest BCUT2D eigenvalue weighted by atomic mass is 16.1. The molecule has 19 heavy (non-hydrogen) atoms. The maximum Gasteiger partial charge on any atom is 0.226 e. The average molecular weight is 257 g/mol. The van der Waals surface area contributed by atoms with Crippen LogP contribution in [-0.2, 0) is 11.2 Å². The molecule has 0 saturated carbocycles. The second kappa shape index (κ2) is 6.18. The normalized spacial score (nSPS) is 12.1. The summed E-state index contributed by atoms with van der Waals surface area (Å²) in [7, 11) is 0. The summed E-state index contributed by atoms with van der Waals surface area (Å²) in [5.74, 6) is 0.0226. The van der Waals surface area contributed by atoms with Gasteiger partial charge >= 0.3 is 0 Å². The molecule has 4 heteroatoms. The Bertz CT molecular complexity index is 534. The van der Waals surface area contributed by atoms with Gasteiger partial charge in [-0.25, -0.2) is 4.98 Å². The van der Waals surface area contributed by atoms with Crippen LogP contribution in [0.15, 0.2) is 43.0 Å². The number of aromatic nitrogens is 2. The molecule has 100 valence electrons. The molecule has 1 amide bonds. The molecular formula is C15H19N3O. The summed E-state index contributed by atoms with van der Waals surface area (Å²) in [5.41, 5.74) is 2.09. The molecule has 0 bridgehead atoms. The number of carbonyl (C=O) groups is 1. The molecule has 1 aromatic heterocycles. The van der Waals surface area contributed by atoms with Crippen molar-refractivity contribution in [2.24, 2.45) is 0 Å². The number of nitrogens with one attached hydrogen (secondary N) is 1. The lowest BCUT2D eigenvalue weighted by atomic mass is 10.1. The van der Waals surface area contributed by atoms with Crippen molar-refractivity contribution < 1.29 is 4.79 Å². The molecule has 0 unspecified atom stereocenters. The van der Waals surface area contributed by atoms with Gasteiger partial charge in [-0.2, -0.15) is 0 Å². The van der Waals surface area contributed by atoms with Crippen LogP contribution in [-0.4, -0.2) is 15.5 Å². The molecule has 0 saturated heterocycles. The number of hydrogen-bond donors (Lipinski definition) is 1. The van der Waals surface area contributed by atoms with E-state index < -0.39 is 0 Å². The summed E-state index contributed by atoms with van der Waals surface area (Å²) >= 11 is 0. The van der Waals surface area contributed by atoms with E-state index in [4.69, 9.17) is 0 Å². The minimum absolute atomic E-state index is 0.0226. The van der Waals surface area contributed by atoms with Crippen LogP contribution in [0.2, 0.25) is 0 Å². The summed E-state index contributed by atoms with van der Waals surface area (Å²) in [6.07, 6.45) is 6.73. The summed E-state index contributed by atoms with van der Waals surface area (Å²) < 4.78 is 1.93. The third kappa shape index (κ3) is 3.68. The summed E-state index contributed by atoms with van der Waals surface area (Å²) in [6, 6.07) is 8.06. The number of anilines is 1. The third-order valence-corrected chi connectivity index (χ3v) is 3.13. The predicted octanol–water partition coefficient (Wildman–Crippen LogP) is 3.04. The molecule has 4 nitrogen and oxygen atoms in total. The number of hydrogen-bond acceptors (Lipinski definition) is 2. The SMILES string of the molecule is CCc1cccc(NC(=O)C[C@H](C)n2ccnc2)c1. The quantitative estimate of drug-likeness (QED) is 0.895. The van der Waals surface area contributed by atoms with Gasteiger partial charge in [-0.05, 0) is 31.0 Å². The van der Waals surface area contributed by atoms with Crippen molar-refractivity contribution in [3.05, 3.63) is 48.5 Å². The van der Waals surface area contributed by atoms with E-state index in [2.05, 4.69) is 23.3 Å². The van der Waals surface area contributed by atoms with Crippen molar-refractivity contribution in [1.82, 2.24) is 9.55 Å². The Balaban J connectivity index is 1.93. The first kappa shape index (κ1) is 13.3. The van der Waals surface area contributed by atoms with Crippen LogP contribution in [0.25, 0.3) is 0 Å². The first-order chi connectivity index (χ1) is 9.19. The number of carbonyl (C=O) groups excluding carboxylic acids is 1. The number of imidazole rings is 1. The van der Waals surface area contributed by atoms with Crippen LogP contribution in [0.1, 0.15) is 31.9 Å². The molecule has 2 aromatic rings. The molecular weight excluding hydrogens is 238 g/mol. The fraction of sp³-hybridized carbons (Fsp3) is 0.333. The van der Waals surface area contributed by atoms with Crippen molar-refractivity contribution in [3.63, 3.8) is 0 Å². The van der Waals surface area contributed by atoms with Crippen LogP contribution >= 0.6 is 0 Å². The Labute approximate surface area is 113 Å². The number of rotatable bonds is 5. The molecule has 0 radical (unpaired) electrons. The molecule has 1 atom stereocenters. The fourth-order valence-corrected chi connectivity index (χ4v) is 1.98. The van der Waals surface area contributed by atoms with Crippen molar-refractivity contribution in [1.29, 1.82) is 0 Å². The van der Waals surface area contributed by atoms with Gasteiger partial charge in [0.05, 0.1) is 6.33 Å². The number of nitrogens with zero attached hydrogens (tertiary/aromatic N) is 2. The Morgan fingerprint density at radius 1 is 1.47 bits per heavy atom. The Morgan fingerprint density at radius 3 is 3.00 bits per heavy atom. The van der Waals surface area contributed by atoms with E-state index in [9.17, 15) is 4.79 Å². The monoisotopic (exact) mass is 257 g/mol. The van der Waals surface area contributed by atoms with E-state index in [0.717, 1.165) is 12.1 Å². The standard InChI is InChI=1S/C15H19N3O/c1-3-13-5-4-6-14(10-13)17-15(19)9-12(2)18-8-7-16-11-18/h4-8,10-12H,3,9H2,1-2H3,(H,17,19)/t12-/m0/s1. The molecule has 0 aliphatic carbocycles. The minimum atomic E-state index is 0.0226.